The van der Waals surface area contributed by atoms with E-state index in [9.17, 15) is 35.5 Å². The molecule has 0 heterocycles. The number of carbonyl (C=O) groups is 2. The van der Waals surface area contributed by atoms with Crippen molar-refractivity contribution in [3.05, 3.63) is 24.3 Å². The van der Waals surface area contributed by atoms with Crippen LogP contribution in [0.5, 0.6) is 0 Å². The van der Waals surface area contributed by atoms with E-state index in [2.05, 4.69) is 13.2 Å². The van der Waals surface area contributed by atoms with Crippen LogP contribution in [0, 0.1) is 0 Å². The Morgan fingerprint density at radius 1 is 0.568 bits per heavy atom. The van der Waals surface area contributed by atoms with Gasteiger partial charge in [-0.15, -0.1) is 0 Å². The Balaban J connectivity index is -0.000000608. The first-order valence-electron chi connectivity index (χ1n) is 10.5. The number of hydrogen-bond donors (Lipinski definition) is 0. The molecule has 0 aromatic carbocycles. The first kappa shape index (κ1) is 40.8. The Bertz CT molecular complexity index is 799. The molecule has 0 fully saturated rings. The van der Waals surface area contributed by atoms with E-state index < -0.39 is 43.7 Å². The molecule has 0 aliphatic carbocycles. The predicted molar refractivity (Wildman–Crippen MR) is 130 cm³/mol. The second-order valence-electron chi connectivity index (χ2n) is 6.81. The summed E-state index contributed by atoms with van der Waals surface area (Å²) in [5.41, 5.74) is 0.634. The summed E-state index contributed by atoms with van der Waals surface area (Å²) >= 11 is 0. The summed E-state index contributed by atoms with van der Waals surface area (Å²) in [5.74, 6) is -2.06. The summed E-state index contributed by atoms with van der Waals surface area (Å²) < 4.78 is 90.5. The van der Waals surface area contributed by atoms with Crippen molar-refractivity contribution in [2.75, 3.05) is 77.6 Å². The summed E-state index contributed by atoms with van der Waals surface area (Å²) in [7, 11) is -8.45. The van der Waals surface area contributed by atoms with Gasteiger partial charge in [0.25, 0.3) is 0 Å². The zero-order chi connectivity index (χ0) is 28.0. The van der Waals surface area contributed by atoms with Gasteiger partial charge < -0.3 is 37.5 Å². The Labute approximate surface area is 248 Å². The first-order chi connectivity index (χ1) is 16.7. The Morgan fingerprint density at radius 3 is 1.05 bits per heavy atom. The van der Waals surface area contributed by atoms with Gasteiger partial charge in [0.05, 0.1) is 84.6 Å². The average Bonchev–Trinajstić information content (AvgIpc) is 2.75. The molecular formula is C20H34CaO14S2. The third-order valence-electron chi connectivity index (χ3n) is 3.32. The van der Waals surface area contributed by atoms with Gasteiger partial charge in [0.15, 0.2) is 0 Å². The maximum Gasteiger partial charge on any atom is 2.00 e. The molecule has 0 aliphatic rings. The Kier molecular flexibility index (Phi) is 26.9. The van der Waals surface area contributed by atoms with Crippen LogP contribution in [-0.2, 0) is 58.2 Å². The van der Waals surface area contributed by atoms with Crippen LogP contribution in [-0.4, -0.2) is 153 Å². The SMILES string of the molecule is C=C(C)C(=O)OCCOCCOCCS(=O)(=O)[O-].C=C(C)C(=O)OCCOCCOCCS(=O)(=O)[O-].[Ca+2]. The molecule has 0 spiro atoms. The maximum absolute atomic E-state index is 10.9. The van der Waals surface area contributed by atoms with Crippen molar-refractivity contribution >= 4 is 69.9 Å². The number of esters is 2. The fraction of sp³-hybridized carbons (Fsp3) is 0.700. The van der Waals surface area contributed by atoms with Crippen LogP contribution in [0.3, 0.4) is 0 Å². The molecule has 0 saturated carbocycles. The molecule has 14 nitrogen and oxygen atoms in total. The van der Waals surface area contributed by atoms with Crippen molar-refractivity contribution in [3.8, 4) is 0 Å². The molecule has 0 aromatic heterocycles. The molecule has 0 rings (SSSR count). The number of ether oxygens (including phenoxy) is 6. The zero-order valence-electron chi connectivity index (χ0n) is 21.1. The van der Waals surface area contributed by atoms with Crippen LogP contribution in [0.4, 0.5) is 0 Å². The minimum Gasteiger partial charge on any atom is -0.748 e. The van der Waals surface area contributed by atoms with Crippen LogP contribution in [0.25, 0.3) is 0 Å². The molecule has 0 aliphatic heterocycles. The third kappa shape index (κ3) is 35.3. The average molecular weight is 603 g/mol. The van der Waals surface area contributed by atoms with E-state index in [1.54, 1.807) is 13.8 Å². The van der Waals surface area contributed by atoms with Gasteiger partial charge >= 0.3 is 49.7 Å². The van der Waals surface area contributed by atoms with E-state index in [0.717, 1.165) is 0 Å². The molecule has 0 atom stereocenters. The van der Waals surface area contributed by atoms with Crippen molar-refractivity contribution < 1.29 is 64.0 Å². The summed E-state index contributed by atoms with van der Waals surface area (Å²) in [6.45, 7) is 11.0. The topological polar surface area (TPSA) is 204 Å². The van der Waals surface area contributed by atoms with Gasteiger partial charge in [-0.3, -0.25) is 0 Å². The van der Waals surface area contributed by atoms with Crippen LogP contribution in [0.2, 0.25) is 0 Å². The molecule has 0 unspecified atom stereocenters. The van der Waals surface area contributed by atoms with Crippen LogP contribution in [0.15, 0.2) is 24.3 Å². The van der Waals surface area contributed by atoms with Crippen molar-refractivity contribution in [1.82, 2.24) is 0 Å². The fourth-order valence-corrected chi connectivity index (χ4v) is 2.24. The molecule has 0 amide bonds. The van der Waals surface area contributed by atoms with Gasteiger partial charge in [-0.25, -0.2) is 26.4 Å². The molecule has 37 heavy (non-hydrogen) atoms. The van der Waals surface area contributed by atoms with Gasteiger partial charge in [-0.05, 0) is 13.8 Å². The second kappa shape index (κ2) is 24.4. The Morgan fingerprint density at radius 2 is 0.811 bits per heavy atom. The summed E-state index contributed by atoms with van der Waals surface area (Å²) in [6.07, 6.45) is 0. The van der Waals surface area contributed by atoms with Crippen LogP contribution in [0.1, 0.15) is 13.8 Å². The summed E-state index contributed by atoms with van der Waals surface area (Å²) in [5, 5.41) is 0. The van der Waals surface area contributed by atoms with E-state index in [0.29, 0.717) is 11.1 Å². The molecule has 212 valence electrons. The van der Waals surface area contributed by atoms with Gasteiger partial charge in [-0.1, -0.05) is 13.2 Å². The minimum absolute atomic E-state index is 0. The number of rotatable bonds is 20. The molecule has 0 radical (unpaired) electrons. The molecule has 0 bridgehead atoms. The van der Waals surface area contributed by atoms with Gasteiger partial charge in [0, 0.05) is 11.1 Å². The van der Waals surface area contributed by atoms with E-state index in [1.165, 1.54) is 0 Å². The monoisotopic (exact) mass is 602 g/mol. The first-order valence-corrected chi connectivity index (χ1v) is 13.6. The van der Waals surface area contributed by atoms with Crippen molar-refractivity contribution in [1.29, 1.82) is 0 Å². The predicted octanol–water partition coefficient (Wildman–Crippen LogP) is -1.01. The van der Waals surface area contributed by atoms with E-state index in [4.69, 9.17) is 28.4 Å². The number of hydrogen-bond acceptors (Lipinski definition) is 14. The number of carbonyl (C=O) groups excluding carboxylic acids is 2. The van der Waals surface area contributed by atoms with Gasteiger partial charge in [0.2, 0.25) is 0 Å². The van der Waals surface area contributed by atoms with E-state index in [-0.39, 0.29) is 104 Å². The standard InChI is InChI=1S/2C10H18O7S.Ca/c2*1-9(2)10(11)17-6-5-15-3-4-16-7-8-18(12,13)14;/h2*1,3-8H2,2H3,(H,12,13,14);/q;;+2/p-2. The largest absolute Gasteiger partial charge is 2.00 e. The van der Waals surface area contributed by atoms with Crippen molar-refractivity contribution in [2.24, 2.45) is 0 Å². The van der Waals surface area contributed by atoms with E-state index >= 15 is 0 Å². The van der Waals surface area contributed by atoms with Crippen LogP contribution < -0.4 is 0 Å². The van der Waals surface area contributed by atoms with Crippen molar-refractivity contribution in [3.63, 3.8) is 0 Å². The normalized spacial score (nSPS) is 10.9. The molecule has 0 saturated heterocycles. The minimum atomic E-state index is -4.22. The third-order valence-corrected chi connectivity index (χ3v) is 4.65. The molecular weight excluding hydrogens is 568 g/mol. The van der Waals surface area contributed by atoms with Crippen LogP contribution >= 0.6 is 0 Å². The zero-order valence-corrected chi connectivity index (χ0v) is 25.0. The van der Waals surface area contributed by atoms with Gasteiger partial charge in [-0.2, -0.15) is 0 Å². The van der Waals surface area contributed by atoms with Gasteiger partial charge in [0.1, 0.15) is 13.2 Å². The van der Waals surface area contributed by atoms with Crippen molar-refractivity contribution in [2.45, 2.75) is 13.8 Å². The fourth-order valence-electron chi connectivity index (χ4n) is 1.60. The smallest absolute Gasteiger partial charge is 0.748 e. The molecule has 17 heteroatoms. The maximum atomic E-state index is 10.9. The van der Waals surface area contributed by atoms with E-state index in [1.807, 2.05) is 0 Å². The summed E-state index contributed by atoms with van der Waals surface area (Å²) in [4.78, 5) is 21.8. The quantitative estimate of drug-likeness (QED) is 0.0538. The molecule has 0 aromatic rings. The Hall–Kier alpha value is -0.660. The second-order valence-corrected chi connectivity index (χ2v) is 9.85. The molecule has 0 N–H and O–H groups in total. The summed E-state index contributed by atoms with van der Waals surface area (Å²) in [6, 6.07) is 0.